The maximum atomic E-state index is 5.88. The van der Waals surface area contributed by atoms with Crippen molar-refractivity contribution in [3.8, 4) is 0 Å². The van der Waals surface area contributed by atoms with Crippen molar-refractivity contribution in [1.29, 1.82) is 0 Å². The summed E-state index contributed by atoms with van der Waals surface area (Å²) in [6, 6.07) is 8.92. The Kier molecular flexibility index (Phi) is 5.87. The second kappa shape index (κ2) is 7.23. The Hall–Kier alpha value is -0.130. The van der Waals surface area contributed by atoms with Gasteiger partial charge in [-0.15, -0.1) is 0 Å². The molecule has 1 N–H and O–H groups in total. The molecule has 2 atom stereocenters. The van der Waals surface area contributed by atoms with E-state index in [1.807, 2.05) is 0 Å². The average Bonchev–Trinajstić information content (AvgIpc) is 2.74. The molecule has 0 bridgehead atoms. The Morgan fingerprint density at radius 3 is 2.60 bits per heavy atom. The minimum absolute atomic E-state index is 0.252. The topological polar surface area (TPSA) is 21.3 Å². The van der Waals surface area contributed by atoms with Crippen LogP contribution in [0.4, 0.5) is 0 Å². The predicted octanol–water partition coefficient (Wildman–Crippen LogP) is 3.87. The molecule has 0 saturated carbocycles. The van der Waals surface area contributed by atoms with E-state index in [-0.39, 0.29) is 5.41 Å². The van der Waals surface area contributed by atoms with Crippen LogP contribution in [0.15, 0.2) is 24.3 Å². The highest BCUT2D eigenvalue weighted by Crippen LogP contribution is 2.37. The van der Waals surface area contributed by atoms with Gasteiger partial charge in [0.05, 0.1) is 6.10 Å². The number of nitrogens with one attached hydrogen (secondary N) is 1. The van der Waals surface area contributed by atoms with Crippen LogP contribution in [0.5, 0.6) is 0 Å². The minimum Gasteiger partial charge on any atom is -0.378 e. The zero-order valence-electron chi connectivity index (χ0n) is 12.8. The SMILES string of the molecule is CC(C)CNCC1(Cc2ccc(I)cc2)CCOC1C. The molecule has 1 aliphatic heterocycles. The van der Waals surface area contributed by atoms with Crippen LogP contribution >= 0.6 is 22.6 Å². The van der Waals surface area contributed by atoms with Gasteiger partial charge in [-0.2, -0.15) is 0 Å². The molecule has 112 valence electrons. The van der Waals surface area contributed by atoms with E-state index in [0.717, 1.165) is 32.5 Å². The second-order valence-electron chi connectivity index (χ2n) is 6.45. The van der Waals surface area contributed by atoms with Crippen molar-refractivity contribution in [3.63, 3.8) is 0 Å². The van der Waals surface area contributed by atoms with E-state index >= 15 is 0 Å². The molecule has 1 aromatic rings. The third-order valence-corrected chi connectivity index (χ3v) is 5.05. The molecule has 0 aromatic heterocycles. The van der Waals surface area contributed by atoms with Gasteiger partial charge in [-0.3, -0.25) is 0 Å². The van der Waals surface area contributed by atoms with Crippen LogP contribution in [0.2, 0.25) is 0 Å². The van der Waals surface area contributed by atoms with Gasteiger partial charge >= 0.3 is 0 Å². The summed E-state index contributed by atoms with van der Waals surface area (Å²) < 4.78 is 7.18. The fraction of sp³-hybridized carbons (Fsp3) is 0.647. The van der Waals surface area contributed by atoms with Gasteiger partial charge in [0, 0.05) is 22.1 Å². The van der Waals surface area contributed by atoms with E-state index in [1.54, 1.807) is 0 Å². The lowest BCUT2D eigenvalue weighted by atomic mass is 9.76. The number of halogens is 1. The lowest BCUT2D eigenvalue weighted by Gasteiger charge is -2.33. The van der Waals surface area contributed by atoms with E-state index in [0.29, 0.717) is 12.0 Å². The Labute approximate surface area is 136 Å². The van der Waals surface area contributed by atoms with Crippen LogP contribution in [0, 0.1) is 14.9 Å². The Bertz CT molecular complexity index is 418. The van der Waals surface area contributed by atoms with Crippen LogP contribution in [-0.4, -0.2) is 25.8 Å². The molecule has 0 spiro atoms. The summed E-state index contributed by atoms with van der Waals surface area (Å²) in [5.41, 5.74) is 1.68. The molecule has 1 fully saturated rings. The summed E-state index contributed by atoms with van der Waals surface area (Å²) in [7, 11) is 0. The number of ether oxygens (including phenoxy) is 1. The summed E-state index contributed by atoms with van der Waals surface area (Å²) in [6.07, 6.45) is 2.60. The summed E-state index contributed by atoms with van der Waals surface area (Å²) in [4.78, 5) is 0. The molecule has 1 aliphatic rings. The number of hydrogen-bond acceptors (Lipinski definition) is 2. The van der Waals surface area contributed by atoms with E-state index < -0.39 is 0 Å². The molecule has 0 radical (unpaired) electrons. The molecular weight excluding hydrogens is 361 g/mol. The first kappa shape index (κ1) is 16.2. The Balaban J connectivity index is 2.05. The van der Waals surface area contributed by atoms with Gasteiger partial charge in [0.1, 0.15) is 0 Å². The van der Waals surface area contributed by atoms with Crippen molar-refractivity contribution >= 4 is 22.6 Å². The van der Waals surface area contributed by atoms with Crippen LogP contribution < -0.4 is 5.32 Å². The van der Waals surface area contributed by atoms with Gasteiger partial charge in [-0.05, 0) is 72.5 Å². The van der Waals surface area contributed by atoms with Gasteiger partial charge in [-0.25, -0.2) is 0 Å². The predicted molar refractivity (Wildman–Crippen MR) is 93.0 cm³/mol. The van der Waals surface area contributed by atoms with E-state index in [9.17, 15) is 0 Å². The summed E-state index contributed by atoms with van der Waals surface area (Å²) in [6.45, 7) is 9.78. The van der Waals surface area contributed by atoms with Crippen LogP contribution in [0.25, 0.3) is 0 Å². The van der Waals surface area contributed by atoms with Crippen molar-refractivity contribution in [2.75, 3.05) is 19.7 Å². The summed E-state index contributed by atoms with van der Waals surface area (Å²) in [5, 5.41) is 3.65. The molecule has 0 aliphatic carbocycles. The van der Waals surface area contributed by atoms with Crippen molar-refractivity contribution in [3.05, 3.63) is 33.4 Å². The van der Waals surface area contributed by atoms with Crippen molar-refractivity contribution < 1.29 is 4.74 Å². The number of hydrogen-bond donors (Lipinski definition) is 1. The van der Waals surface area contributed by atoms with Crippen molar-refractivity contribution in [2.24, 2.45) is 11.3 Å². The lowest BCUT2D eigenvalue weighted by molar-refractivity contribution is 0.0627. The molecule has 1 aromatic carbocycles. The average molecular weight is 387 g/mol. The summed E-state index contributed by atoms with van der Waals surface area (Å²) >= 11 is 2.36. The third kappa shape index (κ3) is 4.18. The van der Waals surface area contributed by atoms with E-state index in [1.165, 1.54) is 9.13 Å². The van der Waals surface area contributed by atoms with E-state index in [4.69, 9.17) is 4.74 Å². The highest BCUT2D eigenvalue weighted by atomic mass is 127. The zero-order valence-corrected chi connectivity index (χ0v) is 14.9. The minimum atomic E-state index is 0.252. The lowest BCUT2D eigenvalue weighted by Crippen LogP contribution is -2.42. The maximum absolute atomic E-state index is 5.88. The molecule has 0 amide bonds. The van der Waals surface area contributed by atoms with Gasteiger partial charge in [0.25, 0.3) is 0 Å². The van der Waals surface area contributed by atoms with Crippen LogP contribution in [0.1, 0.15) is 32.8 Å². The second-order valence-corrected chi connectivity index (χ2v) is 7.70. The molecule has 2 unspecified atom stereocenters. The first-order valence-electron chi connectivity index (χ1n) is 7.59. The largest absolute Gasteiger partial charge is 0.378 e. The van der Waals surface area contributed by atoms with E-state index in [2.05, 4.69) is 72.9 Å². The maximum Gasteiger partial charge on any atom is 0.0619 e. The standard InChI is InChI=1S/C17H26INO/c1-13(2)11-19-12-17(8-9-20-14(17)3)10-15-4-6-16(18)7-5-15/h4-7,13-14,19H,8-12H2,1-3H3. The molecule has 2 nitrogen and oxygen atoms in total. The molecule has 1 heterocycles. The van der Waals surface area contributed by atoms with Crippen LogP contribution in [0.3, 0.4) is 0 Å². The molecule has 20 heavy (non-hydrogen) atoms. The highest BCUT2D eigenvalue weighted by Gasteiger charge is 2.41. The van der Waals surface area contributed by atoms with Gasteiger partial charge in [0.2, 0.25) is 0 Å². The smallest absolute Gasteiger partial charge is 0.0619 e. The molecule has 1 saturated heterocycles. The van der Waals surface area contributed by atoms with Crippen molar-refractivity contribution in [1.82, 2.24) is 5.32 Å². The normalized spacial score (nSPS) is 26.4. The van der Waals surface area contributed by atoms with Crippen molar-refractivity contribution in [2.45, 2.75) is 39.7 Å². The first-order chi connectivity index (χ1) is 9.52. The quantitative estimate of drug-likeness (QED) is 0.749. The Morgan fingerprint density at radius 1 is 1.35 bits per heavy atom. The van der Waals surface area contributed by atoms with Crippen LogP contribution in [-0.2, 0) is 11.2 Å². The van der Waals surface area contributed by atoms with Gasteiger partial charge < -0.3 is 10.1 Å². The molecule has 2 rings (SSSR count). The highest BCUT2D eigenvalue weighted by molar-refractivity contribution is 14.1. The zero-order chi connectivity index (χ0) is 14.6. The van der Waals surface area contributed by atoms with Gasteiger partial charge in [-0.1, -0.05) is 26.0 Å². The fourth-order valence-electron chi connectivity index (χ4n) is 2.96. The fourth-order valence-corrected chi connectivity index (χ4v) is 3.32. The first-order valence-corrected chi connectivity index (χ1v) is 8.66. The number of benzene rings is 1. The van der Waals surface area contributed by atoms with Gasteiger partial charge in [0.15, 0.2) is 0 Å². The molecule has 3 heteroatoms. The number of rotatable bonds is 6. The Morgan fingerprint density at radius 2 is 2.05 bits per heavy atom. The summed E-state index contributed by atoms with van der Waals surface area (Å²) in [5.74, 6) is 0.697. The monoisotopic (exact) mass is 387 g/mol. The molecular formula is C17H26INO. The third-order valence-electron chi connectivity index (χ3n) is 4.33.